The molecular formula is C21H23ClN3O3+. The normalized spacial score (nSPS) is 20.7. The van der Waals surface area contributed by atoms with E-state index >= 15 is 0 Å². The number of nitrogens with zero attached hydrogens (tertiary/aromatic N) is 2. The Kier molecular flexibility index (Phi) is 5.24. The van der Waals surface area contributed by atoms with E-state index in [-0.39, 0.29) is 24.3 Å². The van der Waals surface area contributed by atoms with E-state index in [4.69, 9.17) is 16.3 Å². The van der Waals surface area contributed by atoms with Crippen LogP contribution in [0.25, 0.3) is 0 Å². The van der Waals surface area contributed by atoms with Gasteiger partial charge in [-0.1, -0.05) is 11.6 Å². The number of amides is 2. The van der Waals surface area contributed by atoms with Crippen molar-refractivity contribution in [3.8, 4) is 5.75 Å². The molecule has 28 heavy (non-hydrogen) atoms. The maximum absolute atomic E-state index is 13.0. The molecule has 2 amide bonds. The highest BCUT2D eigenvalue weighted by atomic mass is 35.5. The molecule has 0 saturated carbocycles. The quantitative estimate of drug-likeness (QED) is 0.788. The summed E-state index contributed by atoms with van der Waals surface area (Å²) in [7, 11) is 1.59. The molecule has 0 bridgehead atoms. The lowest BCUT2D eigenvalue weighted by Crippen LogP contribution is -3.19. The largest absolute Gasteiger partial charge is 0.497 e. The Morgan fingerprint density at radius 1 is 0.964 bits per heavy atom. The number of rotatable bonds is 4. The van der Waals surface area contributed by atoms with E-state index in [9.17, 15) is 9.59 Å². The smallest absolute Gasteiger partial charge is 0.292 e. The first kappa shape index (κ1) is 18.8. The number of carbonyl (C=O) groups is 2. The maximum atomic E-state index is 13.0. The lowest BCUT2D eigenvalue weighted by Gasteiger charge is -2.35. The molecule has 0 unspecified atom stereocenters. The fourth-order valence-electron chi connectivity index (χ4n) is 4.01. The molecule has 2 saturated heterocycles. The first-order valence-corrected chi connectivity index (χ1v) is 9.80. The van der Waals surface area contributed by atoms with Crippen LogP contribution in [0.4, 0.5) is 11.4 Å². The Labute approximate surface area is 169 Å². The summed E-state index contributed by atoms with van der Waals surface area (Å²) in [5.41, 5.74) is 1.75. The Bertz CT molecular complexity index is 861. The predicted octanol–water partition coefficient (Wildman–Crippen LogP) is 1.39. The molecule has 2 aromatic rings. The van der Waals surface area contributed by atoms with Gasteiger partial charge in [-0.05, 0) is 48.5 Å². The van der Waals surface area contributed by atoms with Crippen molar-refractivity contribution in [2.75, 3.05) is 43.1 Å². The van der Waals surface area contributed by atoms with Gasteiger partial charge in [0, 0.05) is 10.7 Å². The van der Waals surface area contributed by atoms with Crippen LogP contribution >= 0.6 is 11.6 Å². The number of halogens is 1. The van der Waals surface area contributed by atoms with Gasteiger partial charge in [-0.2, -0.15) is 0 Å². The maximum Gasteiger partial charge on any atom is 0.292 e. The van der Waals surface area contributed by atoms with E-state index < -0.39 is 0 Å². The minimum atomic E-state index is -0.304. The number of carbonyl (C=O) groups excluding carboxylic acids is 2. The van der Waals surface area contributed by atoms with Gasteiger partial charge < -0.3 is 14.5 Å². The monoisotopic (exact) mass is 400 g/mol. The van der Waals surface area contributed by atoms with E-state index in [0.717, 1.165) is 36.9 Å². The second-order valence-corrected chi connectivity index (χ2v) is 7.58. The number of benzene rings is 2. The van der Waals surface area contributed by atoms with Crippen LogP contribution < -0.4 is 19.4 Å². The SMILES string of the molecule is COc1ccc(N2C(=O)C[C@H]([NH+]3CCN(c4ccc(Cl)cc4)CC3)C2=O)cc1. The summed E-state index contributed by atoms with van der Waals surface area (Å²) in [6, 6.07) is 14.6. The Balaban J connectivity index is 1.42. The third-order valence-corrected chi connectivity index (χ3v) is 5.82. The van der Waals surface area contributed by atoms with Crippen LogP contribution in [0.3, 0.4) is 0 Å². The van der Waals surface area contributed by atoms with Crippen LogP contribution in [0.2, 0.25) is 5.02 Å². The molecule has 4 rings (SSSR count). The predicted molar refractivity (Wildman–Crippen MR) is 108 cm³/mol. The van der Waals surface area contributed by atoms with Crippen LogP contribution in [0, 0.1) is 0 Å². The van der Waals surface area contributed by atoms with Crippen LogP contribution in [0.15, 0.2) is 48.5 Å². The summed E-state index contributed by atoms with van der Waals surface area (Å²) in [6.07, 6.45) is 0.265. The number of quaternary nitrogens is 1. The van der Waals surface area contributed by atoms with Crippen LogP contribution in [0.1, 0.15) is 6.42 Å². The molecule has 0 radical (unpaired) electrons. The van der Waals surface area contributed by atoms with E-state index in [2.05, 4.69) is 4.90 Å². The number of hydrogen-bond donors (Lipinski definition) is 1. The standard InChI is InChI=1S/C21H22ClN3O3/c1-28-18-8-6-17(7-9-18)25-20(26)14-19(21(25)27)24-12-10-23(11-13-24)16-4-2-15(22)3-5-16/h2-9,19H,10-14H2,1H3/p+1/t19-/m0/s1. The first-order valence-electron chi connectivity index (χ1n) is 9.43. The number of anilines is 2. The van der Waals surface area contributed by atoms with Crippen LogP contribution in [0.5, 0.6) is 5.75 Å². The number of imide groups is 1. The highest BCUT2D eigenvalue weighted by Crippen LogP contribution is 2.25. The molecule has 7 heteroatoms. The number of piperazine rings is 1. The summed E-state index contributed by atoms with van der Waals surface area (Å²) in [5.74, 6) is 0.459. The average Bonchev–Trinajstić information content (AvgIpc) is 3.03. The van der Waals surface area contributed by atoms with Gasteiger partial charge >= 0.3 is 0 Å². The zero-order valence-electron chi connectivity index (χ0n) is 15.7. The van der Waals surface area contributed by atoms with E-state index in [1.165, 1.54) is 9.80 Å². The second-order valence-electron chi connectivity index (χ2n) is 7.14. The molecule has 2 fully saturated rings. The summed E-state index contributed by atoms with van der Waals surface area (Å²) in [4.78, 5) is 30.3. The molecule has 2 aromatic carbocycles. The number of ether oxygens (including phenoxy) is 1. The molecule has 1 atom stereocenters. The Hall–Kier alpha value is -2.57. The molecular weight excluding hydrogens is 378 g/mol. The summed E-state index contributed by atoms with van der Waals surface area (Å²) >= 11 is 5.97. The van der Waals surface area contributed by atoms with E-state index in [0.29, 0.717) is 11.4 Å². The van der Waals surface area contributed by atoms with Crippen LogP contribution in [-0.2, 0) is 9.59 Å². The van der Waals surface area contributed by atoms with Gasteiger partial charge in [0.2, 0.25) is 5.91 Å². The molecule has 2 aliphatic rings. The molecule has 2 aliphatic heterocycles. The molecule has 0 aromatic heterocycles. The Morgan fingerprint density at radius 3 is 2.18 bits per heavy atom. The summed E-state index contributed by atoms with van der Waals surface area (Å²) in [6.45, 7) is 3.33. The third kappa shape index (κ3) is 3.57. The van der Waals surface area contributed by atoms with Crippen molar-refractivity contribution in [3.63, 3.8) is 0 Å². The molecule has 2 heterocycles. The molecule has 0 spiro atoms. The first-order chi connectivity index (χ1) is 13.6. The fourth-order valence-corrected chi connectivity index (χ4v) is 4.13. The van der Waals surface area contributed by atoms with Crippen molar-refractivity contribution in [1.82, 2.24) is 0 Å². The topological polar surface area (TPSA) is 54.3 Å². The third-order valence-electron chi connectivity index (χ3n) is 5.57. The zero-order chi connectivity index (χ0) is 19.7. The van der Waals surface area contributed by atoms with Gasteiger partial charge in [0.25, 0.3) is 5.91 Å². The van der Waals surface area contributed by atoms with Crippen molar-refractivity contribution in [1.29, 1.82) is 0 Å². The number of hydrogen-bond acceptors (Lipinski definition) is 4. The van der Waals surface area contributed by atoms with Crippen LogP contribution in [-0.4, -0.2) is 51.1 Å². The lowest BCUT2D eigenvalue weighted by molar-refractivity contribution is -0.915. The van der Waals surface area contributed by atoms with E-state index in [1.54, 1.807) is 31.4 Å². The average molecular weight is 401 g/mol. The Morgan fingerprint density at radius 2 is 1.57 bits per heavy atom. The second kappa shape index (κ2) is 7.81. The fraction of sp³-hybridized carbons (Fsp3) is 0.333. The molecule has 6 nitrogen and oxygen atoms in total. The van der Waals surface area contributed by atoms with Crippen molar-refractivity contribution in [2.45, 2.75) is 12.5 Å². The van der Waals surface area contributed by atoms with E-state index in [1.807, 2.05) is 24.3 Å². The van der Waals surface area contributed by atoms with Gasteiger partial charge in [-0.3, -0.25) is 9.59 Å². The number of nitrogens with one attached hydrogen (secondary N) is 1. The zero-order valence-corrected chi connectivity index (χ0v) is 16.5. The summed E-state index contributed by atoms with van der Waals surface area (Å²) < 4.78 is 5.15. The number of methoxy groups -OCH3 is 1. The molecule has 1 N–H and O–H groups in total. The molecule has 146 valence electrons. The van der Waals surface area contributed by atoms with Crippen molar-refractivity contribution >= 4 is 34.8 Å². The highest BCUT2D eigenvalue weighted by Gasteiger charge is 2.46. The minimum absolute atomic E-state index is 0.106. The van der Waals surface area contributed by atoms with Gasteiger partial charge in [-0.25, -0.2) is 4.90 Å². The molecule has 0 aliphatic carbocycles. The van der Waals surface area contributed by atoms with Crippen molar-refractivity contribution in [2.24, 2.45) is 0 Å². The van der Waals surface area contributed by atoms with Gasteiger partial charge in [0.05, 0.1) is 45.4 Å². The minimum Gasteiger partial charge on any atom is -0.497 e. The van der Waals surface area contributed by atoms with Gasteiger partial charge in [-0.15, -0.1) is 0 Å². The summed E-state index contributed by atoms with van der Waals surface area (Å²) in [5, 5.41) is 0.724. The van der Waals surface area contributed by atoms with Gasteiger partial charge in [0.15, 0.2) is 6.04 Å². The highest BCUT2D eigenvalue weighted by molar-refractivity contribution is 6.30. The lowest BCUT2D eigenvalue weighted by atomic mass is 10.1. The van der Waals surface area contributed by atoms with Gasteiger partial charge in [0.1, 0.15) is 5.75 Å². The van der Waals surface area contributed by atoms with Crippen molar-refractivity contribution in [3.05, 3.63) is 53.6 Å². The van der Waals surface area contributed by atoms with Crippen molar-refractivity contribution < 1.29 is 19.2 Å².